The fraction of sp³-hybridized carbons (Fsp3) is 0.909. The van der Waals surface area contributed by atoms with Crippen LogP contribution >= 0.6 is 7.60 Å². The van der Waals surface area contributed by atoms with Crippen molar-refractivity contribution in [2.24, 2.45) is 0 Å². The molecule has 4 nitrogen and oxygen atoms in total. The molecule has 0 bridgehead atoms. The Bertz CT molecular complexity index is 240. The summed E-state index contributed by atoms with van der Waals surface area (Å²) < 4.78 is 22.0. The predicted molar refractivity (Wildman–Crippen MR) is 64.9 cm³/mol. The summed E-state index contributed by atoms with van der Waals surface area (Å²) in [7, 11) is -3.01. The molecule has 0 fully saturated rings. The van der Waals surface area contributed by atoms with Crippen LogP contribution in [0.5, 0.6) is 0 Å². The van der Waals surface area contributed by atoms with Crippen LogP contribution in [0.3, 0.4) is 0 Å². The van der Waals surface area contributed by atoms with Gasteiger partial charge in [0.2, 0.25) is 0 Å². The Morgan fingerprint density at radius 1 is 1.12 bits per heavy atom. The first-order chi connectivity index (χ1) is 7.58. The van der Waals surface area contributed by atoms with E-state index in [1.54, 1.807) is 13.8 Å². The molecule has 0 aliphatic carbocycles. The highest BCUT2D eigenvalue weighted by molar-refractivity contribution is 7.53. The van der Waals surface area contributed by atoms with Crippen molar-refractivity contribution >= 4 is 13.4 Å². The number of Topliss-reactive ketones (excluding diaryl/α,β-unsaturated/α-hetero) is 1. The minimum absolute atomic E-state index is 0.00169. The Balaban J connectivity index is 3.84. The maximum atomic E-state index is 11.8. The van der Waals surface area contributed by atoms with E-state index in [0.29, 0.717) is 19.2 Å². The van der Waals surface area contributed by atoms with E-state index in [0.717, 1.165) is 19.3 Å². The van der Waals surface area contributed by atoms with Crippen molar-refractivity contribution in [3.8, 4) is 0 Å². The molecule has 0 spiro atoms. The average Bonchev–Trinajstić information content (AvgIpc) is 2.27. The van der Waals surface area contributed by atoms with E-state index in [4.69, 9.17) is 9.05 Å². The first-order valence-corrected chi connectivity index (χ1v) is 7.70. The Labute approximate surface area is 98.2 Å². The van der Waals surface area contributed by atoms with Gasteiger partial charge in [0.05, 0.1) is 6.61 Å². The van der Waals surface area contributed by atoms with E-state index in [9.17, 15) is 9.36 Å². The van der Waals surface area contributed by atoms with Crippen LogP contribution in [-0.4, -0.2) is 25.2 Å². The number of carbonyl (C=O) groups is 1. The van der Waals surface area contributed by atoms with Crippen LogP contribution in [0.15, 0.2) is 0 Å². The molecule has 16 heavy (non-hydrogen) atoms. The predicted octanol–water partition coefficient (Wildman–Crippen LogP) is 3.40. The molecule has 96 valence electrons. The van der Waals surface area contributed by atoms with Gasteiger partial charge < -0.3 is 9.05 Å². The smallest absolute Gasteiger partial charge is 0.309 e. The van der Waals surface area contributed by atoms with E-state index in [-0.39, 0.29) is 12.4 Å². The Kier molecular flexibility index (Phi) is 8.81. The summed E-state index contributed by atoms with van der Waals surface area (Å²) in [5.41, 5.74) is 0. The summed E-state index contributed by atoms with van der Waals surface area (Å²) in [5.74, 6) is 0.00169. The lowest BCUT2D eigenvalue weighted by Gasteiger charge is -2.15. The minimum atomic E-state index is -3.01. The molecule has 1 atom stereocenters. The highest BCUT2D eigenvalue weighted by Crippen LogP contribution is 2.47. The van der Waals surface area contributed by atoms with E-state index in [2.05, 4.69) is 6.92 Å². The molecule has 0 saturated carbocycles. The normalized spacial score (nSPS) is 14.7. The van der Waals surface area contributed by atoms with Crippen LogP contribution < -0.4 is 0 Å². The molecule has 0 saturated heterocycles. The Morgan fingerprint density at radius 2 is 1.81 bits per heavy atom. The molecule has 1 unspecified atom stereocenters. The second kappa shape index (κ2) is 8.91. The summed E-state index contributed by atoms with van der Waals surface area (Å²) in [6.07, 6.45) is 3.82. The van der Waals surface area contributed by atoms with Crippen molar-refractivity contribution in [2.75, 3.05) is 19.4 Å². The molecule has 0 N–H and O–H groups in total. The maximum Gasteiger partial charge on any atom is 0.330 e. The molecule has 0 aliphatic heterocycles. The molecule has 0 amide bonds. The molecule has 5 heteroatoms. The lowest BCUT2D eigenvalue weighted by molar-refractivity contribution is -0.121. The maximum absolute atomic E-state index is 11.8. The molecule has 0 aromatic heterocycles. The third-order valence-corrected chi connectivity index (χ3v) is 4.14. The van der Waals surface area contributed by atoms with Crippen molar-refractivity contribution in [3.05, 3.63) is 0 Å². The minimum Gasteiger partial charge on any atom is -0.309 e. The second-order valence-corrected chi connectivity index (χ2v) is 5.98. The van der Waals surface area contributed by atoms with Gasteiger partial charge in [-0.3, -0.25) is 9.36 Å². The number of carbonyl (C=O) groups excluding carboxylic acids is 1. The quantitative estimate of drug-likeness (QED) is 0.440. The van der Waals surface area contributed by atoms with Gasteiger partial charge in [0.15, 0.2) is 5.78 Å². The fourth-order valence-corrected chi connectivity index (χ4v) is 2.40. The summed E-state index contributed by atoms with van der Waals surface area (Å²) in [4.78, 5) is 11.4. The molecular weight excluding hydrogens is 227 g/mol. The first-order valence-electron chi connectivity index (χ1n) is 5.97. The van der Waals surface area contributed by atoms with E-state index in [1.165, 1.54) is 0 Å². The van der Waals surface area contributed by atoms with Gasteiger partial charge in [-0.05, 0) is 13.3 Å². The average molecular weight is 250 g/mol. The molecule has 0 aromatic rings. The zero-order valence-electron chi connectivity index (χ0n) is 10.5. The number of hydrogen-bond donors (Lipinski definition) is 0. The SMILES string of the molecule is CCCCCC(=O)COP(=O)(CC)OCC. The molecule has 0 heterocycles. The zero-order chi connectivity index (χ0) is 12.4. The summed E-state index contributed by atoms with van der Waals surface area (Å²) in [6.45, 7) is 5.83. The van der Waals surface area contributed by atoms with Gasteiger partial charge in [0, 0.05) is 12.6 Å². The van der Waals surface area contributed by atoms with Crippen molar-refractivity contribution in [1.29, 1.82) is 0 Å². The van der Waals surface area contributed by atoms with Gasteiger partial charge in [0.1, 0.15) is 6.61 Å². The second-order valence-electron chi connectivity index (χ2n) is 3.61. The van der Waals surface area contributed by atoms with Gasteiger partial charge in [-0.1, -0.05) is 26.7 Å². The van der Waals surface area contributed by atoms with Crippen molar-refractivity contribution < 1.29 is 18.4 Å². The summed E-state index contributed by atoms with van der Waals surface area (Å²) in [6, 6.07) is 0. The highest BCUT2D eigenvalue weighted by Gasteiger charge is 2.22. The largest absolute Gasteiger partial charge is 0.330 e. The molecular formula is C11H23O4P. The standard InChI is InChI=1S/C11H23O4P/c1-4-7-8-9-11(12)10-15-16(13,6-3)14-5-2/h4-10H2,1-3H3. The summed E-state index contributed by atoms with van der Waals surface area (Å²) >= 11 is 0. The van der Waals surface area contributed by atoms with E-state index < -0.39 is 7.60 Å². The molecule has 0 rings (SSSR count). The molecule has 0 aromatic carbocycles. The molecule has 0 radical (unpaired) electrons. The van der Waals surface area contributed by atoms with Crippen molar-refractivity contribution in [1.82, 2.24) is 0 Å². The van der Waals surface area contributed by atoms with Crippen molar-refractivity contribution in [2.45, 2.75) is 46.5 Å². The van der Waals surface area contributed by atoms with Crippen LogP contribution in [0.4, 0.5) is 0 Å². The van der Waals surface area contributed by atoms with Crippen LogP contribution in [0, 0.1) is 0 Å². The third kappa shape index (κ3) is 7.15. The van der Waals surface area contributed by atoms with Crippen LogP contribution in [-0.2, 0) is 18.4 Å². The topological polar surface area (TPSA) is 52.6 Å². The van der Waals surface area contributed by atoms with Gasteiger partial charge >= 0.3 is 7.60 Å². The highest BCUT2D eigenvalue weighted by atomic mass is 31.2. The number of rotatable bonds is 10. The van der Waals surface area contributed by atoms with E-state index >= 15 is 0 Å². The number of hydrogen-bond acceptors (Lipinski definition) is 4. The summed E-state index contributed by atoms with van der Waals surface area (Å²) in [5, 5.41) is 0. The number of unbranched alkanes of at least 4 members (excludes halogenated alkanes) is 2. The zero-order valence-corrected chi connectivity index (χ0v) is 11.4. The van der Waals surface area contributed by atoms with Gasteiger partial charge in [-0.25, -0.2) is 0 Å². The lowest BCUT2D eigenvalue weighted by atomic mass is 10.1. The van der Waals surface area contributed by atoms with Crippen LogP contribution in [0.1, 0.15) is 46.5 Å². The van der Waals surface area contributed by atoms with Gasteiger partial charge in [-0.2, -0.15) is 0 Å². The van der Waals surface area contributed by atoms with Gasteiger partial charge in [0.25, 0.3) is 0 Å². The van der Waals surface area contributed by atoms with E-state index in [1.807, 2.05) is 0 Å². The van der Waals surface area contributed by atoms with Crippen molar-refractivity contribution in [3.63, 3.8) is 0 Å². The van der Waals surface area contributed by atoms with Gasteiger partial charge in [-0.15, -0.1) is 0 Å². The van der Waals surface area contributed by atoms with Crippen LogP contribution in [0.2, 0.25) is 0 Å². The third-order valence-electron chi connectivity index (χ3n) is 2.19. The fourth-order valence-electron chi connectivity index (χ4n) is 1.23. The lowest BCUT2D eigenvalue weighted by Crippen LogP contribution is -2.09. The Hall–Kier alpha value is -0.180. The monoisotopic (exact) mass is 250 g/mol. The number of ketones is 1. The van der Waals surface area contributed by atoms with Crippen LogP contribution in [0.25, 0.3) is 0 Å². The molecule has 0 aliphatic rings. The Morgan fingerprint density at radius 3 is 2.31 bits per heavy atom. The first kappa shape index (κ1) is 15.8.